The lowest BCUT2D eigenvalue weighted by atomic mass is 9.79. The maximum absolute atomic E-state index is 12.4. The fraction of sp³-hybridized carbons (Fsp3) is 0.538. The molecule has 1 aromatic rings. The van der Waals surface area contributed by atoms with Gasteiger partial charge in [0.1, 0.15) is 5.41 Å². The Balaban J connectivity index is 1.90. The second-order valence-corrected chi connectivity index (χ2v) is 7.01. The molecule has 3 N–H and O–H groups in total. The molecule has 20 heavy (non-hydrogen) atoms. The molecule has 0 aromatic carbocycles. The van der Waals surface area contributed by atoms with Crippen molar-refractivity contribution in [3.63, 3.8) is 0 Å². The van der Waals surface area contributed by atoms with Crippen molar-refractivity contribution in [2.45, 2.75) is 19.3 Å². The van der Waals surface area contributed by atoms with Gasteiger partial charge in [-0.2, -0.15) is 0 Å². The third kappa shape index (κ3) is 3.49. The van der Waals surface area contributed by atoms with E-state index in [0.717, 1.165) is 15.6 Å². The number of rotatable bonds is 5. The van der Waals surface area contributed by atoms with Crippen molar-refractivity contribution in [3.8, 4) is 0 Å². The summed E-state index contributed by atoms with van der Waals surface area (Å²) in [6.45, 7) is 1.59. The van der Waals surface area contributed by atoms with Gasteiger partial charge in [0.15, 0.2) is 0 Å². The lowest BCUT2D eigenvalue weighted by molar-refractivity contribution is -0.131. The van der Waals surface area contributed by atoms with Gasteiger partial charge in [-0.3, -0.25) is 4.79 Å². The summed E-state index contributed by atoms with van der Waals surface area (Å²) in [6.07, 6.45) is 1.87. The zero-order valence-corrected chi connectivity index (χ0v) is 13.4. The van der Waals surface area contributed by atoms with Gasteiger partial charge in [0.25, 0.3) is 0 Å². The topological polar surface area (TPSA) is 64.4 Å². The van der Waals surface area contributed by atoms with E-state index in [2.05, 4.69) is 5.32 Å². The number of hydrogen-bond donors (Lipinski definition) is 2. The minimum atomic E-state index is -0.749. The van der Waals surface area contributed by atoms with Crippen LogP contribution >= 0.6 is 35.2 Å². The fourth-order valence-corrected chi connectivity index (χ4v) is 3.64. The normalized spacial score (nSPS) is 17.6. The van der Waals surface area contributed by atoms with Crippen LogP contribution in [0.3, 0.4) is 0 Å². The quantitative estimate of drug-likeness (QED) is 0.811. The number of nitrogens with two attached hydrogens (primary N) is 1. The van der Waals surface area contributed by atoms with E-state index < -0.39 is 5.41 Å². The highest BCUT2D eigenvalue weighted by Crippen LogP contribution is 2.31. The van der Waals surface area contributed by atoms with Crippen LogP contribution in [-0.2, 0) is 16.0 Å². The van der Waals surface area contributed by atoms with Crippen LogP contribution < -0.4 is 11.1 Å². The Hall–Kier alpha value is -0.690. The number of carbonyl (C=O) groups excluding carboxylic acids is 1. The lowest BCUT2D eigenvalue weighted by Gasteiger charge is -2.34. The molecule has 1 saturated heterocycles. The summed E-state index contributed by atoms with van der Waals surface area (Å²) >= 11 is 12.5. The molecule has 0 bridgehead atoms. The van der Waals surface area contributed by atoms with Crippen LogP contribution in [0.4, 0.5) is 0 Å². The van der Waals surface area contributed by atoms with Crippen LogP contribution in [0.25, 0.3) is 0 Å². The molecular formula is C13H17ClN2O2S2. The Kier molecular flexibility index (Phi) is 5.37. The first-order chi connectivity index (χ1) is 9.54. The SMILES string of the molecule is NC(=S)C1(C(=O)NCCc2ccc(Cl)s2)CCOCC1. The highest BCUT2D eigenvalue weighted by atomic mass is 35.5. The van der Waals surface area contributed by atoms with Crippen LogP contribution in [-0.4, -0.2) is 30.7 Å². The Morgan fingerprint density at radius 2 is 2.20 bits per heavy atom. The van der Waals surface area contributed by atoms with Crippen molar-refractivity contribution >= 4 is 46.1 Å². The minimum absolute atomic E-state index is 0.0871. The van der Waals surface area contributed by atoms with Gasteiger partial charge in [0.05, 0.1) is 9.32 Å². The maximum Gasteiger partial charge on any atom is 0.233 e. The van der Waals surface area contributed by atoms with Crippen molar-refractivity contribution in [1.29, 1.82) is 0 Å². The van der Waals surface area contributed by atoms with Crippen LogP contribution in [0.5, 0.6) is 0 Å². The van der Waals surface area contributed by atoms with Crippen molar-refractivity contribution < 1.29 is 9.53 Å². The molecule has 1 aliphatic rings. The molecular weight excluding hydrogens is 316 g/mol. The molecule has 7 heteroatoms. The summed E-state index contributed by atoms with van der Waals surface area (Å²) in [6, 6.07) is 3.83. The van der Waals surface area contributed by atoms with Crippen LogP contribution in [0.1, 0.15) is 17.7 Å². The van der Waals surface area contributed by atoms with Crippen molar-refractivity contribution in [2.24, 2.45) is 11.1 Å². The van der Waals surface area contributed by atoms with Gasteiger partial charge in [-0.05, 0) is 31.4 Å². The first kappa shape index (κ1) is 15.7. The molecule has 0 radical (unpaired) electrons. The molecule has 1 aliphatic heterocycles. The van der Waals surface area contributed by atoms with E-state index >= 15 is 0 Å². The van der Waals surface area contributed by atoms with Crippen LogP contribution in [0.2, 0.25) is 4.34 Å². The summed E-state index contributed by atoms with van der Waals surface area (Å²) in [4.78, 5) is 13.8. The van der Waals surface area contributed by atoms with E-state index in [1.54, 1.807) is 0 Å². The average molecular weight is 333 g/mol. The van der Waals surface area contributed by atoms with Crippen molar-refractivity contribution in [2.75, 3.05) is 19.8 Å². The third-order valence-corrected chi connectivity index (χ3v) is 5.22. The predicted molar refractivity (Wildman–Crippen MR) is 85.3 cm³/mol. The van der Waals surface area contributed by atoms with Gasteiger partial charge in [0, 0.05) is 24.6 Å². The van der Waals surface area contributed by atoms with E-state index in [-0.39, 0.29) is 10.9 Å². The van der Waals surface area contributed by atoms with Crippen molar-refractivity contribution in [3.05, 3.63) is 21.3 Å². The molecule has 1 fully saturated rings. The number of hydrogen-bond acceptors (Lipinski definition) is 4. The number of halogens is 1. The molecule has 1 amide bonds. The number of thiophene rings is 1. The lowest BCUT2D eigenvalue weighted by Crippen LogP contribution is -2.52. The fourth-order valence-electron chi connectivity index (χ4n) is 2.26. The van der Waals surface area contributed by atoms with Gasteiger partial charge in [-0.15, -0.1) is 11.3 Å². The van der Waals surface area contributed by atoms with E-state index in [4.69, 9.17) is 34.3 Å². The van der Waals surface area contributed by atoms with Crippen molar-refractivity contribution in [1.82, 2.24) is 5.32 Å². The average Bonchev–Trinajstić information content (AvgIpc) is 2.85. The first-order valence-electron chi connectivity index (χ1n) is 6.45. The maximum atomic E-state index is 12.4. The van der Waals surface area contributed by atoms with Gasteiger partial charge in [-0.1, -0.05) is 23.8 Å². The van der Waals surface area contributed by atoms with Gasteiger partial charge < -0.3 is 15.8 Å². The standard InChI is InChI=1S/C13H17ClN2O2S2/c14-10-2-1-9(20-10)3-6-16-12(17)13(11(15)19)4-7-18-8-5-13/h1-2H,3-8H2,(H2,15,19)(H,16,17). The smallest absolute Gasteiger partial charge is 0.233 e. The van der Waals surface area contributed by atoms with Gasteiger partial charge in [0.2, 0.25) is 5.91 Å². The molecule has 1 aromatic heterocycles. The third-order valence-electron chi connectivity index (χ3n) is 3.54. The molecule has 0 saturated carbocycles. The molecule has 0 aliphatic carbocycles. The molecule has 0 atom stereocenters. The highest BCUT2D eigenvalue weighted by molar-refractivity contribution is 7.80. The molecule has 0 unspecified atom stereocenters. The molecule has 0 spiro atoms. The largest absolute Gasteiger partial charge is 0.392 e. The summed E-state index contributed by atoms with van der Waals surface area (Å²) in [5.74, 6) is -0.0871. The van der Waals surface area contributed by atoms with E-state index in [0.29, 0.717) is 32.6 Å². The van der Waals surface area contributed by atoms with E-state index in [1.807, 2.05) is 12.1 Å². The predicted octanol–water partition coefficient (Wildman–Crippen LogP) is 2.14. The number of amides is 1. The van der Waals surface area contributed by atoms with E-state index in [1.165, 1.54) is 11.3 Å². The monoisotopic (exact) mass is 332 g/mol. The number of nitrogens with one attached hydrogen (secondary N) is 1. The molecule has 110 valence electrons. The Bertz CT molecular complexity index is 498. The Morgan fingerprint density at radius 1 is 1.50 bits per heavy atom. The molecule has 2 heterocycles. The Morgan fingerprint density at radius 3 is 2.75 bits per heavy atom. The number of thiocarbonyl (C=S) groups is 1. The second kappa shape index (κ2) is 6.85. The minimum Gasteiger partial charge on any atom is -0.392 e. The zero-order valence-electron chi connectivity index (χ0n) is 11.0. The summed E-state index contributed by atoms with van der Waals surface area (Å²) in [5.41, 5.74) is 5.04. The van der Waals surface area contributed by atoms with Gasteiger partial charge in [-0.25, -0.2) is 0 Å². The molecule has 2 rings (SSSR count). The highest BCUT2D eigenvalue weighted by Gasteiger charge is 2.42. The van der Waals surface area contributed by atoms with Crippen LogP contribution in [0, 0.1) is 5.41 Å². The van der Waals surface area contributed by atoms with Crippen LogP contribution in [0.15, 0.2) is 12.1 Å². The van der Waals surface area contributed by atoms with Gasteiger partial charge >= 0.3 is 0 Å². The second-order valence-electron chi connectivity index (χ2n) is 4.77. The summed E-state index contributed by atoms with van der Waals surface area (Å²) in [5, 5.41) is 2.93. The summed E-state index contributed by atoms with van der Waals surface area (Å²) in [7, 11) is 0. The molecule has 4 nitrogen and oxygen atoms in total. The number of ether oxygens (including phenoxy) is 1. The van der Waals surface area contributed by atoms with E-state index in [9.17, 15) is 4.79 Å². The Labute approximate surface area is 132 Å². The number of carbonyl (C=O) groups is 1. The zero-order chi connectivity index (χ0) is 14.6. The summed E-state index contributed by atoms with van der Waals surface area (Å²) < 4.78 is 6.05. The first-order valence-corrected chi connectivity index (χ1v) is 8.05.